The summed E-state index contributed by atoms with van der Waals surface area (Å²) < 4.78 is 24.5. The summed E-state index contributed by atoms with van der Waals surface area (Å²) in [6.45, 7) is 0.0651. The minimum atomic E-state index is -0.451. The van der Waals surface area contributed by atoms with E-state index in [0.29, 0.717) is 16.4 Å². The summed E-state index contributed by atoms with van der Waals surface area (Å²) in [5.41, 5.74) is 0.835. The van der Waals surface area contributed by atoms with Gasteiger partial charge in [0.1, 0.15) is 23.1 Å². The van der Waals surface area contributed by atoms with Crippen molar-refractivity contribution in [2.45, 2.75) is 44.4 Å². The number of carbonyl (C=O) groups is 2. The summed E-state index contributed by atoms with van der Waals surface area (Å²) in [5.74, 6) is -0.0690. The molecule has 0 aliphatic heterocycles. The Morgan fingerprint density at radius 2 is 1.71 bits per heavy atom. The molecule has 1 fully saturated rings. The summed E-state index contributed by atoms with van der Waals surface area (Å²) in [5, 5.41) is 11.0. The van der Waals surface area contributed by atoms with Gasteiger partial charge in [-0.2, -0.15) is 0 Å². The number of nitrogens with zero attached hydrogens (tertiary/aromatic N) is 1. The Labute approximate surface area is 206 Å². The fraction of sp³-hybridized carbons (Fsp3) is 0.320. The second kappa shape index (κ2) is 11.7. The largest absolute Gasteiger partial charge is 0.495 e. The average molecular weight is 499 g/mol. The predicted molar refractivity (Wildman–Crippen MR) is 132 cm³/mol. The quantitative estimate of drug-likeness (QED) is 0.417. The number of anilines is 1. The highest BCUT2D eigenvalue weighted by molar-refractivity contribution is 7.09. The van der Waals surface area contributed by atoms with Gasteiger partial charge in [0.25, 0.3) is 5.91 Å². The molecule has 0 unspecified atom stereocenters. The second-order valence-electron chi connectivity index (χ2n) is 8.12. The molecule has 0 saturated heterocycles. The molecule has 0 radical (unpaired) electrons. The first-order valence-corrected chi connectivity index (χ1v) is 12.2. The van der Waals surface area contributed by atoms with E-state index in [1.807, 2.05) is 12.1 Å². The Kier molecular flexibility index (Phi) is 8.15. The van der Waals surface area contributed by atoms with Crippen molar-refractivity contribution in [2.75, 3.05) is 12.4 Å². The van der Waals surface area contributed by atoms with Gasteiger partial charge < -0.3 is 25.4 Å². The summed E-state index contributed by atoms with van der Waals surface area (Å²) in [4.78, 5) is 29.8. The zero-order chi connectivity index (χ0) is 24.6. The van der Waals surface area contributed by atoms with Crippen LogP contribution in [0.4, 0.5) is 14.9 Å². The lowest BCUT2D eigenvalue weighted by molar-refractivity contribution is 0.0911. The van der Waals surface area contributed by atoms with E-state index in [1.165, 1.54) is 23.5 Å². The van der Waals surface area contributed by atoms with Gasteiger partial charge in [-0.3, -0.25) is 4.79 Å². The van der Waals surface area contributed by atoms with E-state index in [9.17, 15) is 14.0 Å². The third-order valence-corrected chi connectivity index (χ3v) is 6.55. The van der Waals surface area contributed by atoms with Gasteiger partial charge in [-0.15, -0.1) is 11.3 Å². The summed E-state index contributed by atoms with van der Waals surface area (Å²) >= 11 is 1.27. The van der Waals surface area contributed by atoms with Crippen molar-refractivity contribution in [3.63, 3.8) is 0 Å². The van der Waals surface area contributed by atoms with E-state index in [2.05, 4.69) is 20.9 Å². The van der Waals surface area contributed by atoms with Crippen LogP contribution in [-0.2, 0) is 6.61 Å². The molecule has 0 spiro atoms. The molecule has 1 heterocycles. The molecule has 1 aromatic heterocycles. The van der Waals surface area contributed by atoms with E-state index in [0.717, 1.165) is 25.7 Å². The van der Waals surface area contributed by atoms with Crippen LogP contribution in [0.1, 0.15) is 41.2 Å². The normalized spacial score (nSPS) is 17.3. The molecule has 3 aromatic rings. The molecular weight excluding hydrogens is 471 g/mol. The van der Waals surface area contributed by atoms with Crippen molar-refractivity contribution in [3.05, 3.63) is 70.4 Å². The smallest absolute Gasteiger partial charge is 0.319 e. The molecule has 1 aliphatic carbocycles. The number of urea groups is 1. The van der Waals surface area contributed by atoms with Crippen molar-refractivity contribution in [2.24, 2.45) is 0 Å². The maximum absolute atomic E-state index is 13.7. The lowest BCUT2D eigenvalue weighted by Gasteiger charge is -2.32. The fourth-order valence-electron chi connectivity index (χ4n) is 3.98. The van der Waals surface area contributed by atoms with E-state index >= 15 is 0 Å². The monoisotopic (exact) mass is 498 g/mol. The molecular formula is C25H27FN4O4S. The minimum Gasteiger partial charge on any atom is -0.495 e. The molecule has 1 saturated carbocycles. The lowest BCUT2D eigenvalue weighted by atomic mass is 9.90. The number of rotatable bonds is 8. The van der Waals surface area contributed by atoms with E-state index < -0.39 is 5.82 Å². The molecule has 3 amide bonds. The van der Waals surface area contributed by atoms with Crippen LogP contribution in [0.15, 0.2) is 53.9 Å². The van der Waals surface area contributed by atoms with Crippen LogP contribution < -0.4 is 25.4 Å². The van der Waals surface area contributed by atoms with Gasteiger partial charge in [-0.25, -0.2) is 14.2 Å². The SMILES string of the molecule is COc1ccccc1NC(=O)N[C@H]1CCCC[C@H]1NC(=O)c1csc(COc2ccccc2F)n1. The molecule has 1 aliphatic rings. The van der Waals surface area contributed by atoms with Crippen molar-refractivity contribution in [1.29, 1.82) is 0 Å². The number of ether oxygens (including phenoxy) is 2. The zero-order valence-corrected chi connectivity index (χ0v) is 20.1. The van der Waals surface area contributed by atoms with Gasteiger partial charge in [-0.05, 0) is 37.1 Å². The predicted octanol–water partition coefficient (Wildman–Crippen LogP) is 4.73. The Bertz CT molecular complexity index is 1170. The number of hydrogen-bond donors (Lipinski definition) is 3. The number of carbonyl (C=O) groups excluding carboxylic acids is 2. The van der Waals surface area contributed by atoms with Gasteiger partial charge in [0, 0.05) is 11.4 Å². The topological polar surface area (TPSA) is 102 Å². The van der Waals surface area contributed by atoms with Crippen LogP contribution in [0.3, 0.4) is 0 Å². The maximum atomic E-state index is 13.7. The molecule has 4 rings (SSSR count). The number of methoxy groups -OCH3 is 1. The number of amides is 3. The molecule has 35 heavy (non-hydrogen) atoms. The zero-order valence-electron chi connectivity index (χ0n) is 19.3. The molecule has 10 heteroatoms. The van der Waals surface area contributed by atoms with Crippen molar-refractivity contribution < 1.29 is 23.5 Å². The van der Waals surface area contributed by atoms with Gasteiger partial charge in [-0.1, -0.05) is 37.1 Å². The van der Waals surface area contributed by atoms with Crippen LogP contribution in [0.5, 0.6) is 11.5 Å². The van der Waals surface area contributed by atoms with Gasteiger partial charge in [0.05, 0.1) is 18.8 Å². The number of thiazole rings is 1. The standard InChI is InChI=1S/C25H27FN4O4S/c1-33-22-13-7-5-11-19(22)30-25(32)29-18-10-4-3-9-17(18)28-24(31)20-15-35-23(27-20)14-34-21-12-6-2-8-16(21)26/h2,5-8,11-13,15,17-18H,3-4,9-10,14H2,1H3,(H,28,31)(H2,29,30,32)/t17-,18+/m1/s1. The van der Waals surface area contributed by atoms with Gasteiger partial charge >= 0.3 is 6.03 Å². The fourth-order valence-corrected chi connectivity index (χ4v) is 4.66. The summed E-state index contributed by atoms with van der Waals surface area (Å²) in [6, 6.07) is 12.5. The van der Waals surface area contributed by atoms with E-state index in [1.54, 1.807) is 36.8 Å². The minimum absolute atomic E-state index is 0.0651. The Balaban J connectivity index is 1.33. The van der Waals surface area contributed by atoms with E-state index in [-0.39, 0.29) is 42.1 Å². The summed E-state index contributed by atoms with van der Waals surface area (Å²) in [6.07, 6.45) is 3.41. The maximum Gasteiger partial charge on any atom is 0.319 e. The lowest BCUT2D eigenvalue weighted by Crippen LogP contribution is -2.54. The Hall–Kier alpha value is -3.66. The molecule has 184 valence electrons. The number of benzene rings is 2. The highest BCUT2D eigenvalue weighted by Gasteiger charge is 2.29. The van der Waals surface area contributed by atoms with Crippen LogP contribution in [0, 0.1) is 5.82 Å². The van der Waals surface area contributed by atoms with Crippen molar-refractivity contribution in [1.82, 2.24) is 15.6 Å². The van der Waals surface area contributed by atoms with Gasteiger partial charge in [0.2, 0.25) is 0 Å². The number of para-hydroxylation sites is 3. The molecule has 3 N–H and O–H groups in total. The van der Waals surface area contributed by atoms with Crippen molar-refractivity contribution >= 4 is 29.0 Å². The molecule has 8 nitrogen and oxygen atoms in total. The van der Waals surface area contributed by atoms with Crippen LogP contribution >= 0.6 is 11.3 Å². The summed E-state index contributed by atoms with van der Waals surface area (Å²) in [7, 11) is 1.54. The first-order valence-electron chi connectivity index (χ1n) is 11.4. The number of halogens is 1. The molecule has 0 bridgehead atoms. The highest BCUT2D eigenvalue weighted by Crippen LogP contribution is 2.24. The van der Waals surface area contributed by atoms with Crippen molar-refractivity contribution in [3.8, 4) is 11.5 Å². The molecule has 2 atom stereocenters. The number of hydrogen-bond acceptors (Lipinski definition) is 6. The van der Waals surface area contributed by atoms with Gasteiger partial charge in [0.15, 0.2) is 11.6 Å². The average Bonchev–Trinajstić information content (AvgIpc) is 3.34. The number of aromatic nitrogens is 1. The van der Waals surface area contributed by atoms with E-state index in [4.69, 9.17) is 9.47 Å². The van der Waals surface area contributed by atoms with Crippen LogP contribution in [0.25, 0.3) is 0 Å². The first-order chi connectivity index (χ1) is 17.0. The Morgan fingerprint density at radius 1 is 1.03 bits per heavy atom. The third-order valence-electron chi connectivity index (χ3n) is 5.73. The highest BCUT2D eigenvalue weighted by atomic mass is 32.1. The first kappa shape index (κ1) is 24.5. The molecule has 2 aromatic carbocycles. The number of nitrogens with one attached hydrogen (secondary N) is 3. The van der Waals surface area contributed by atoms with Crippen LogP contribution in [-0.4, -0.2) is 36.1 Å². The third kappa shape index (κ3) is 6.48. The second-order valence-corrected chi connectivity index (χ2v) is 9.06. The Morgan fingerprint density at radius 3 is 2.46 bits per heavy atom. The van der Waals surface area contributed by atoms with Crippen LogP contribution in [0.2, 0.25) is 0 Å².